The quantitative estimate of drug-likeness (QED) is 0.746. The molecule has 1 saturated heterocycles. The molecule has 0 spiro atoms. The minimum atomic E-state index is -0.256. The summed E-state index contributed by atoms with van der Waals surface area (Å²) in [5, 5.41) is 0. The number of hydrogen-bond donors (Lipinski definition) is 1. The van der Waals surface area contributed by atoms with Gasteiger partial charge in [0, 0.05) is 13.1 Å². The molecule has 1 heterocycles. The summed E-state index contributed by atoms with van der Waals surface area (Å²) in [7, 11) is 0. The van der Waals surface area contributed by atoms with Crippen LogP contribution in [0, 0.1) is 11.8 Å². The lowest BCUT2D eigenvalue weighted by Crippen LogP contribution is -2.44. The topological polar surface area (TPSA) is 46.3 Å². The highest BCUT2D eigenvalue weighted by Gasteiger charge is 2.27. The van der Waals surface area contributed by atoms with Crippen molar-refractivity contribution in [2.45, 2.75) is 33.1 Å². The van der Waals surface area contributed by atoms with E-state index in [1.54, 1.807) is 0 Å². The summed E-state index contributed by atoms with van der Waals surface area (Å²) >= 11 is 4.92. The Kier molecular flexibility index (Phi) is 4.51. The third-order valence-corrected chi connectivity index (χ3v) is 3.43. The first-order valence-corrected chi connectivity index (χ1v) is 6.05. The van der Waals surface area contributed by atoms with E-state index in [1.165, 1.54) is 0 Å². The van der Waals surface area contributed by atoms with E-state index in [0.29, 0.717) is 11.4 Å². The minimum absolute atomic E-state index is 0.122. The molecule has 0 bridgehead atoms. The van der Waals surface area contributed by atoms with Crippen LogP contribution in [-0.2, 0) is 4.79 Å². The average molecular weight is 228 g/mol. The molecule has 2 N–H and O–H groups in total. The molecule has 0 aromatic rings. The van der Waals surface area contributed by atoms with Crippen LogP contribution < -0.4 is 5.73 Å². The van der Waals surface area contributed by atoms with Crippen LogP contribution in [0.2, 0.25) is 0 Å². The summed E-state index contributed by atoms with van der Waals surface area (Å²) in [6.07, 6.45) is 2.90. The molecular formula is C11H20N2OS. The van der Waals surface area contributed by atoms with Gasteiger partial charge in [-0.05, 0) is 25.2 Å². The van der Waals surface area contributed by atoms with E-state index in [-0.39, 0.29) is 11.8 Å². The van der Waals surface area contributed by atoms with Gasteiger partial charge in [0.25, 0.3) is 0 Å². The highest BCUT2D eigenvalue weighted by Crippen LogP contribution is 2.19. The van der Waals surface area contributed by atoms with Crippen molar-refractivity contribution in [3.05, 3.63) is 0 Å². The van der Waals surface area contributed by atoms with E-state index in [9.17, 15) is 4.79 Å². The molecule has 1 amide bonds. The second-order valence-corrected chi connectivity index (χ2v) is 4.84. The number of amides is 1. The van der Waals surface area contributed by atoms with Crippen LogP contribution in [0.3, 0.4) is 0 Å². The summed E-state index contributed by atoms with van der Waals surface area (Å²) < 4.78 is 0. The van der Waals surface area contributed by atoms with E-state index < -0.39 is 0 Å². The Morgan fingerprint density at radius 2 is 2.07 bits per heavy atom. The lowest BCUT2D eigenvalue weighted by molar-refractivity contribution is -0.134. The van der Waals surface area contributed by atoms with Gasteiger partial charge in [-0.15, -0.1) is 0 Å². The van der Waals surface area contributed by atoms with Gasteiger partial charge in [0.2, 0.25) is 5.91 Å². The van der Waals surface area contributed by atoms with Crippen molar-refractivity contribution < 1.29 is 4.79 Å². The number of rotatable bonds is 3. The molecule has 0 radical (unpaired) electrons. The van der Waals surface area contributed by atoms with Crippen molar-refractivity contribution in [2.75, 3.05) is 13.1 Å². The maximum Gasteiger partial charge on any atom is 0.232 e. The molecule has 1 aliphatic heterocycles. The zero-order valence-electron chi connectivity index (χ0n) is 9.53. The number of carbonyl (C=O) groups excluding carboxylic acids is 1. The average Bonchev–Trinajstić information content (AvgIpc) is 2.19. The van der Waals surface area contributed by atoms with Crippen LogP contribution >= 0.6 is 12.2 Å². The van der Waals surface area contributed by atoms with E-state index in [2.05, 4.69) is 6.92 Å². The minimum Gasteiger partial charge on any atom is -0.393 e. The number of nitrogens with zero attached hydrogens (tertiary/aromatic N) is 1. The molecule has 3 nitrogen and oxygen atoms in total. The second kappa shape index (κ2) is 5.45. The summed E-state index contributed by atoms with van der Waals surface area (Å²) in [5.41, 5.74) is 5.57. The lowest BCUT2D eigenvalue weighted by atomic mass is 9.97. The van der Waals surface area contributed by atoms with Crippen molar-refractivity contribution in [3.8, 4) is 0 Å². The molecule has 0 aliphatic carbocycles. The van der Waals surface area contributed by atoms with Crippen LogP contribution in [-0.4, -0.2) is 28.9 Å². The fourth-order valence-corrected chi connectivity index (χ4v) is 2.21. The Hall–Kier alpha value is -0.640. The van der Waals surface area contributed by atoms with Crippen molar-refractivity contribution >= 4 is 23.1 Å². The molecule has 1 fully saturated rings. The Morgan fingerprint density at radius 3 is 2.47 bits per heavy atom. The molecule has 15 heavy (non-hydrogen) atoms. The van der Waals surface area contributed by atoms with Gasteiger partial charge < -0.3 is 10.6 Å². The van der Waals surface area contributed by atoms with Gasteiger partial charge in [-0.1, -0.05) is 26.1 Å². The van der Waals surface area contributed by atoms with Crippen LogP contribution in [0.25, 0.3) is 0 Å². The van der Waals surface area contributed by atoms with Crippen LogP contribution in [0.4, 0.5) is 0 Å². The first kappa shape index (κ1) is 12.4. The summed E-state index contributed by atoms with van der Waals surface area (Å²) in [4.78, 5) is 14.3. The van der Waals surface area contributed by atoms with Gasteiger partial charge in [0.05, 0.1) is 10.9 Å². The van der Waals surface area contributed by atoms with Crippen molar-refractivity contribution in [2.24, 2.45) is 17.6 Å². The molecular weight excluding hydrogens is 208 g/mol. The van der Waals surface area contributed by atoms with Gasteiger partial charge in [0.1, 0.15) is 0 Å². The summed E-state index contributed by atoms with van der Waals surface area (Å²) in [5.74, 6) is 0.601. The van der Waals surface area contributed by atoms with E-state index in [1.807, 2.05) is 11.8 Å². The van der Waals surface area contributed by atoms with Crippen LogP contribution in [0.1, 0.15) is 33.1 Å². The van der Waals surface area contributed by atoms with E-state index in [0.717, 1.165) is 31.8 Å². The maximum atomic E-state index is 12.0. The Morgan fingerprint density at radius 1 is 1.53 bits per heavy atom. The van der Waals surface area contributed by atoms with Gasteiger partial charge in [-0.3, -0.25) is 4.79 Å². The number of piperidine rings is 1. The largest absolute Gasteiger partial charge is 0.393 e. The van der Waals surface area contributed by atoms with Crippen LogP contribution in [0.15, 0.2) is 0 Å². The van der Waals surface area contributed by atoms with Crippen molar-refractivity contribution in [1.29, 1.82) is 0 Å². The molecule has 0 aromatic carbocycles. The molecule has 4 heteroatoms. The number of thiocarbonyl (C=S) groups is 1. The molecule has 1 unspecified atom stereocenters. The molecule has 86 valence electrons. The summed E-state index contributed by atoms with van der Waals surface area (Å²) in [6.45, 7) is 5.90. The zero-order valence-corrected chi connectivity index (χ0v) is 10.3. The molecule has 0 saturated carbocycles. The third-order valence-electron chi connectivity index (χ3n) is 3.15. The Bertz CT molecular complexity index is 247. The maximum absolute atomic E-state index is 12.0. The fourth-order valence-electron chi connectivity index (χ4n) is 1.95. The predicted molar refractivity (Wildman–Crippen MR) is 65.5 cm³/mol. The van der Waals surface area contributed by atoms with Crippen molar-refractivity contribution in [1.82, 2.24) is 4.90 Å². The molecule has 0 aromatic heterocycles. The normalized spacial score (nSPS) is 20.0. The monoisotopic (exact) mass is 228 g/mol. The second-order valence-electron chi connectivity index (χ2n) is 4.37. The number of nitrogens with two attached hydrogens (primary N) is 1. The molecule has 1 aliphatic rings. The van der Waals surface area contributed by atoms with Gasteiger partial charge >= 0.3 is 0 Å². The first-order chi connectivity index (χ1) is 7.06. The predicted octanol–water partition coefficient (Wildman–Crippen LogP) is 1.56. The Balaban J connectivity index is 2.55. The number of carbonyl (C=O) groups is 1. The highest BCUT2D eigenvalue weighted by molar-refractivity contribution is 7.80. The summed E-state index contributed by atoms with van der Waals surface area (Å²) in [6, 6.07) is 0. The first-order valence-electron chi connectivity index (χ1n) is 5.64. The van der Waals surface area contributed by atoms with Crippen LogP contribution in [0.5, 0.6) is 0 Å². The van der Waals surface area contributed by atoms with E-state index >= 15 is 0 Å². The van der Waals surface area contributed by atoms with Crippen molar-refractivity contribution in [3.63, 3.8) is 0 Å². The zero-order chi connectivity index (χ0) is 11.4. The number of hydrogen-bond acceptors (Lipinski definition) is 2. The number of likely N-dealkylation sites (tertiary alicyclic amines) is 1. The standard InChI is InChI=1S/C11H20N2OS/c1-3-9(10(12)15)11(14)13-6-4-8(2)5-7-13/h8-9H,3-7H2,1-2H3,(H2,12,15). The third kappa shape index (κ3) is 3.16. The molecule has 1 rings (SSSR count). The van der Waals surface area contributed by atoms with Gasteiger partial charge in [-0.2, -0.15) is 0 Å². The lowest BCUT2D eigenvalue weighted by Gasteiger charge is -2.32. The fraction of sp³-hybridized carbons (Fsp3) is 0.818. The van der Waals surface area contributed by atoms with E-state index in [4.69, 9.17) is 18.0 Å². The molecule has 1 atom stereocenters. The van der Waals surface area contributed by atoms with Gasteiger partial charge in [0.15, 0.2) is 0 Å². The van der Waals surface area contributed by atoms with Gasteiger partial charge in [-0.25, -0.2) is 0 Å². The Labute approximate surface area is 97.0 Å². The smallest absolute Gasteiger partial charge is 0.232 e. The SMILES string of the molecule is CCC(C(=O)N1CCC(C)CC1)C(N)=S. The highest BCUT2D eigenvalue weighted by atomic mass is 32.1.